The molecule has 1 atom stereocenters. The summed E-state index contributed by atoms with van der Waals surface area (Å²) in [6, 6.07) is 10.7. The summed E-state index contributed by atoms with van der Waals surface area (Å²) in [5, 5.41) is 9.59. The Kier molecular flexibility index (Phi) is 5.18. The minimum atomic E-state index is 0.267. The van der Waals surface area contributed by atoms with Crippen molar-refractivity contribution >= 4 is 5.82 Å². The fourth-order valence-electron chi connectivity index (χ4n) is 4.22. The molecule has 0 amide bonds. The van der Waals surface area contributed by atoms with Crippen molar-refractivity contribution in [2.45, 2.75) is 39.3 Å². The van der Waals surface area contributed by atoms with Gasteiger partial charge in [0.1, 0.15) is 11.6 Å². The van der Waals surface area contributed by atoms with Crippen LogP contribution in [0.5, 0.6) is 0 Å². The zero-order valence-corrected chi connectivity index (χ0v) is 15.6. The third-order valence-electron chi connectivity index (χ3n) is 5.56. The normalized spacial score (nSPS) is 20.8. The molecular weight excluding hydrogens is 324 g/mol. The van der Waals surface area contributed by atoms with Crippen molar-refractivity contribution in [3.05, 3.63) is 53.0 Å². The number of fused-ring (bicyclic) bond motifs is 1. The van der Waals surface area contributed by atoms with E-state index in [-0.39, 0.29) is 6.61 Å². The lowest BCUT2D eigenvalue weighted by Gasteiger charge is -2.36. The second kappa shape index (κ2) is 7.72. The summed E-state index contributed by atoms with van der Waals surface area (Å²) in [5.74, 6) is 2.32. The fourth-order valence-corrected chi connectivity index (χ4v) is 4.22. The average Bonchev–Trinajstić information content (AvgIpc) is 2.68. The van der Waals surface area contributed by atoms with Crippen LogP contribution < -0.4 is 4.90 Å². The topological polar surface area (TPSA) is 52.5 Å². The largest absolute Gasteiger partial charge is 0.396 e. The first-order valence-electron chi connectivity index (χ1n) is 9.71. The van der Waals surface area contributed by atoms with Gasteiger partial charge in [0, 0.05) is 51.3 Å². The Labute approximate surface area is 155 Å². The molecular formula is C21H28N4O. The van der Waals surface area contributed by atoms with Crippen molar-refractivity contribution in [1.29, 1.82) is 0 Å². The first-order chi connectivity index (χ1) is 12.7. The molecule has 1 aromatic carbocycles. The third kappa shape index (κ3) is 3.74. The van der Waals surface area contributed by atoms with E-state index < -0.39 is 0 Å². The number of rotatable bonds is 4. The molecule has 0 spiro atoms. The molecule has 0 saturated carbocycles. The molecule has 2 aliphatic heterocycles. The van der Waals surface area contributed by atoms with Gasteiger partial charge >= 0.3 is 0 Å². The Hall–Kier alpha value is -1.98. The molecule has 1 fully saturated rings. The second-order valence-corrected chi connectivity index (χ2v) is 7.60. The van der Waals surface area contributed by atoms with E-state index in [9.17, 15) is 5.11 Å². The quantitative estimate of drug-likeness (QED) is 0.916. The molecule has 3 heterocycles. The van der Waals surface area contributed by atoms with E-state index >= 15 is 0 Å². The van der Waals surface area contributed by atoms with Gasteiger partial charge in [0.05, 0.1) is 5.69 Å². The van der Waals surface area contributed by atoms with Crippen LogP contribution >= 0.6 is 0 Å². The Morgan fingerprint density at radius 1 is 1.15 bits per heavy atom. The zero-order valence-electron chi connectivity index (χ0n) is 15.6. The van der Waals surface area contributed by atoms with Crippen LogP contribution in [0.1, 0.15) is 35.5 Å². The van der Waals surface area contributed by atoms with E-state index in [0.29, 0.717) is 5.92 Å². The summed E-state index contributed by atoms with van der Waals surface area (Å²) in [4.78, 5) is 14.4. The number of aromatic nitrogens is 2. The molecule has 5 nitrogen and oxygen atoms in total. The van der Waals surface area contributed by atoms with Crippen LogP contribution in [0, 0.1) is 12.8 Å². The first kappa shape index (κ1) is 17.4. The highest BCUT2D eigenvalue weighted by Gasteiger charge is 2.27. The number of benzene rings is 1. The summed E-state index contributed by atoms with van der Waals surface area (Å²) < 4.78 is 0. The van der Waals surface area contributed by atoms with Crippen LogP contribution in [0.3, 0.4) is 0 Å². The van der Waals surface area contributed by atoms with Crippen molar-refractivity contribution in [3.8, 4) is 0 Å². The van der Waals surface area contributed by atoms with Crippen molar-refractivity contribution in [1.82, 2.24) is 14.9 Å². The zero-order chi connectivity index (χ0) is 17.9. The van der Waals surface area contributed by atoms with Gasteiger partial charge in [0.2, 0.25) is 0 Å². The molecule has 2 aliphatic rings. The van der Waals surface area contributed by atoms with Crippen molar-refractivity contribution in [3.63, 3.8) is 0 Å². The van der Waals surface area contributed by atoms with Gasteiger partial charge < -0.3 is 10.0 Å². The molecule has 1 saturated heterocycles. The Morgan fingerprint density at radius 2 is 2.00 bits per heavy atom. The van der Waals surface area contributed by atoms with Crippen LogP contribution in [0.15, 0.2) is 30.3 Å². The number of piperidine rings is 1. The summed E-state index contributed by atoms with van der Waals surface area (Å²) in [7, 11) is 0. The Bertz CT molecular complexity index is 749. The predicted molar refractivity (Wildman–Crippen MR) is 103 cm³/mol. The van der Waals surface area contributed by atoms with E-state index in [2.05, 4.69) is 40.1 Å². The van der Waals surface area contributed by atoms with Gasteiger partial charge in [-0.25, -0.2) is 9.97 Å². The summed E-state index contributed by atoms with van der Waals surface area (Å²) in [6.45, 7) is 7.09. The van der Waals surface area contributed by atoms with Gasteiger partial charge in [0.15, 0.2) is 0 Å². The molecule has 138 valence electrons. The molecule has 0 aliphatic carbocycles. The van der Waals surface area contributed by atoms with Gasteiger partial charge in [-0.15, -0.1) is 0 Å². The lowest BCUT2D eigenvalue weighted by atomic mass is 9.97. The molecule has 0 bridgehead atoms. The summed E-state index contributed by atoms with van der Waals surface area (Å²) in [5.41, 5.74) is 3.85. The number of anilines is 1. The SMILES string of the molecule is Cc1nc2c(c(N3CCCC(CO)C3)n1)CN(Cc1ccccc1)CC2. The van der Waals surface area contributed by atoms with E-state index in [1.807, 2.05) is 6.92 Å². The number of hydrogen-bond donors (Lipinski definition) is 1. The van der Waals surface area contributed by atoms with E-state index in [0.717, 1.165) is 63.6 Å². The maximum absolute atomic E-state index is 9.59. The predicted octanol–water partition coefficient (Wildman–Crippen LogP) is 2.55. The fraction of sp³-hybridized carbons (Fsp3) is 0.524. The van der Waals surface area contributed by atoms with Gasteiger partial charge in [-0.1, -0.05) is 30.3 Å². The molecule has 1 N–H and O–H groups in total. The van der Waals surface area contributed by atoms with Crippen molar-refractivity contribution in [2.24, 2.45) is 5.92 Å². The lowest BCUT2D eigenvalue weighted by Crippen LogP contribution is -2.40. The number of aliphatic hydroxyl groups is 1. The molecule has 0 radical (unpaired) electrons. The van der Waals surface area contributed by atoms with Gasteiger partial charge in [-0.3, -0.25) is 4.90 Å². The van der Waals surface area contributed by atoms with Crippen molar-refractivity contribution in [2.75, 3.05) is 31.1 Å². The monoisotopic (exact) mass is 352 g/mol. The maximum Gasteiger partial charge on any atom is 0.137 e. The van der Waals surface area contributed by atoms with Crippen LogP contribution in [0.4, 0.5) is 5.82 Å². The minimum Gasteiger partial charge on any atom is -0.396 e. The Morgan fingerprint density at radius 3 is 2.81 bits per heavy atom. The second-order valence-electron chi connectivity index (χ2n) is 7.60. The average molecular weight is 352 g/mol. The lowest BCUT2D eigenvalue weighted by molar-refractivity contribution is 0.207. The van der Waals surface area contributed by atoms with Gasteiger partial charge in [0.25, 0.3) is 0 Å². The molecule has 5 heteroatoms. The smallest absolute Gasteiger partial charge is 0.137 e. The number of nitrogens with zero attached hydrogens (tertiary/aromatic N) is 4. The number of hydrogen-bond acceptors (Lipinski definition) is 5. The molecule has 1 unspecified atom stereocenters. The highest BCUT2D eigenvalue weighted by atomic mass is 16.3. The molecule has 26 heavy (non-hydrogen) atoms. The highest BCUT2D eigenvalue weighted by molar-refractivity contribution is 5.50. The highest BCUT2D eigenvalue weighted by Crippen LogP contribution is 2.30. The van der Waals surface area contributed by atoms with Crippen LogP contribution in [-0.4, -0.2) is 46.2 Å². The minimum absolute atomic E-state index is 0.267. The number of aliphatic hydroxyl groups excluding tert-OH is 1. The van der Waals surface area contributed by atoms with E-state index in [1.54, 1.807) is 0 Å². The van der Waals surface area contributed by atoms with Crippen LogP contribution in [-0.2, 0) is 19.5 Å². The van der Waals surface area contributed by atoms with Gasteiger partial charge in [-0.2, -0.15) is 0 Å². The van der Waals surface area contributed by atoms with Crippen LogP contribution in [0.2, 0.25) is 0 Å². The summed E-state index contributed by atoms with van der Waals surface area (Å²) in [6.07, 6.45) is 3.21. The maximum atomic E-state index is 9.59. The van der Waals surface area contributed by atoms with Crippen molar-refractivity contribution < 1.29 is 5.11 Å². The third-order valence-corrected chi connectivity index (χ3v) is 5.56. The molecule has 4 rings (SSSR count). The number of aryl methyl sites for hydroxylation is 1. The first-order valence-corrected chi connectivity index (χ1v) is 9.71. The Balaban J connectivity index is 1.58. The van der Waals surface area contributed by atoms with E-state index in [4.69, 9.17) is 9.97 Å². The van der Waals surface area contributed by atoms with E-state index in [1.165, 1.54) is 16.8 Å². The van der Waals surface area contributed by atoms with Crippen LogP contribution in [0.25, 0.3) is 0 Å². The molecule has 2 aromatic rings. The standard InChI is InChI=1S/C21H28N4O/c1-16-22-20-9-11-24(12-17-6-3-2-4-7-17)14-19(20)21(23-16)25-10-5-8-18(13-25)15-26/h2-4,6-7,18,26H,5,8-15H2,1H3. The molecule has 1 aromatic heterocycles. The summed E-state index contributed by atoms with van der Waals surface area (Å²) >= 11 is 0. The van der Waals surface area contributed by atoms with Gasteiger partial charge in [-0.05, 0) is 31.2 Å².